The minimum absolute atomic E-state index is 0.586. The Morgan fingerprint density at radius 2 is 2.17 bits per heavy atom. The summed E-state index contributed by atoms with van der Waals surface area (Å²) in [6, 6.07) is 1.96. The van der Waals surface area contributed by atoms with Crippen molar-refractivity contribution in [2.45, 2.75) is 38.3 Å². The number of imidazole rings is 1. The van der Waals surface area contributed by atoms with Gasteiger partial charge in [0.15, 0.2) is 0 Å². The molecule has 1 aliphatic carbocycles. The Labute approximate surface area is 107 Å². The minimum atomic E-state index is 0.586. The van der Waals surface area contributed by atoms with Gasteiger partial charge in [0.1, 0.15) is 5.82 Å². The van der Waals surface area contributed by atoms with Crippen molar-refractivity contribution >= 4 is 0 Å². The largest absolute Gasteiger partial charge is 0.333 e. The van der Waals surface area contributed by atoms with Crippen molar-refractivity contribution in [3.63, 3.8) is 0 Å². The quantitative estimate of drug-likeness (QED) is 0.773. The SMILES string of the molecule is C1=CC[C@H](c2nccn2CCn2cccn2)CC1. The molecule has 2 aromatic heterocycles. The number of hydrogen-bond donors (Lipinski definition) is 0. The molecule has 0 radical (unpaired) electrons. The number of nitrogens with zero attached hydrogens (tertiary/aromatic N) is 4. The Morgan fingerprint density at radius 1 is 1.17 bits per heavy atom. The molecule has 1 aliphatic rings. The standard InChI is InChI=1S/C14H18N4/c1-2-5-13(6-3-1)14-15-8-10-17(14)11-12-18-9-4-7-16-18/h1-2,4,7-10,13H,3,5-6,11-12H2/t13-/m0/s1. The summed E-state index contributed by atoms with van der Waals surface area (Å²) in [6.07, 6.45) is 15.9. The van der Waals surface area contributed by atoms with Crippen LogP contribution in [0.4, 0.5) is 0 Å². The summed E-state index contributed by atoms with van der Waals surface area (Å²) in [7, 11) is 0. The van der Waals surface area contributed by atoms with Gasteiger partial charge in [0.25, 0.3) is 0 Å². The number of aryl methyl sites for hydroxylation is 2. The van der Waals surface area contributed by atoms with Crippen LogP contribution in [0.1, 0.15) is 31.0 Å². The molecule has 0 saturated heterocycles. The zero-order valence-electron chi connectivity index (χ0n) is 10.4. The summed E-state index contributed by atoms with van der Waals surface area (Å²) < 4.78 is 4.23. The predicted molar refractivity (Wildman–Crippen MR) is 70.2 cm³/mol. The first kappa shape index (κ1) is 11.3. The Morgan fingerprint density at radius 3 is 2.94 bits per heavy atom. The highest BCUT2D eigenvalue weighted by Crippen LogP contribution is 2.27. The van der Waals surface area contributed by atoms with E-state index in [1.54, 1.807) is 0 Å². The zero-order valence-corrected chi connectivity index (χ0v) is 10.4. The molecule has 0 N–H and O–H groups in total. The molecule has 0 saturated carbocycles. The van der Waals surface area contributed by atoms with E-state index in [0.29, 0.717) is 5.92 Å². The predicted octanol–water partition coefficient (Wildman–Crippen LogP) is 2.60. The molecule has 0 fully saturated rings. The molecule has 18 heavy (non-hydrogen) atoms. The van der Waals surface area contributed by atoms with Crippen molar-refractivity contribution in [2.75, 3.05) is 0 Å². The van der Waals surface area contributed by atoms with Crippen LogP contribution in [0.15, 0.2) is 43.0 Å². The maximum Gasteiger partial charge on any atom is 0.112 e. The molecule has 3 rings (SSSR count). The normalized spacial score (nSPS) is 19.2. The summed E-state index contributed by atoms with van der Waals surface area (Å²) in [5.74, 6) is 1.81. The van der Waals surface area contributed by atoms with Gasteiger partial charge in [-0.1, -0.05) is 12.2 Å². The highest BCUT2D eigenvalue weighted by atomic mass is 15.3. The van der Waals surface area contributed by atoms with Crippen LogP contribution in [0, 0.1) is 0 Å². The van der Waals surface area contributed by atoms with Gasteiger partial charge in [0, 0.05) is 37.3 Å². The van der Waals surface area contributed by atoms with Crippen LogP contribution in [-0.2, 0) is 13.1 Å². The first-order valence-corrected chi connectivity index (χ1v) is 6.57. The van der Waals surface area contributed by atoms with E-state index < -0.39 is 0 Å². The molecule has 0 aliphatic heterocycles. The average molecular weight is 242 g/mol. The molecule has 94 valence electrons. The van der Waals surface area contributed by atoms with E-state index in [9.17, 15) is 0 Å². The second kappa shape index (κ2) is 5.21. The lowest BCUT2D eigenvalue weighted by Crippen LogP contribution is -2.13. The lowest BCUT2D eigenvalue weighted by atomic mass is 9.94. The third kappa shape index (κ3) is 2.37. The van der Waals surface area contributed by atoms with E-state index in [1.807, 2.05) is 29.3 Å². The van der Waals surface area contributed by atoms with Crippen LogP contribution >= 0.6 is 0 Å². The Kier molecular flexibility index (Phi) is 3.26. The highest BCUT2D eigenvalue weighted by Gasteiger charge is 2.17. The Balaban J connectivity index is 1.69. The van der Waals surface area contributed by atoms with E-state index in [1.165, 1.54) is 18.7 Å². The number of aromatic nitrogens is 4. The molecule has 1 atom stereocenters. The lowest BCUT2D eigenvalue weighted by Gasteiger charge is -2.18. The molecular weight excluding hydrogens is 224 g/mol. The molecule has 2 aromatic rings. The Bertz CT molecular complexity index is 510. The van der Waals surface area contributed by atoms with E-state index in [-0.39, 0.29) is 0 Å². The van der Waals surface area contributed by atoms with Crippen LogP contribution in [0.25, 0.3) is 0 Å². The van der Waals surface area contributed by atoms with Gasteiger partial charge < -0.3 is 4.57 Å². The van der Waals surface area contributed by atoms with Gasteiger partial charge in [-0.3, -0.25) is 4.68 Å². The minimum Gasteiger partial charge on any atom is -0.333 e. The summed E-state index contributed by atoms with van der Waals surface area (Å²) in [5.41, 5.74) is 0. The topological polar surface area (TPSA) is 35.6 Å². The number of hydrogen-bond acceptors (Lipinski definition) is 2. The second-order valence-electron chi connectivity index (χ2n) is 4.73. The molecule has 0 spiro atoms. The molecular formula is C14H18N4. The van der Waals surface area contributed by atoms with Gasteiger partial charge >= 0.3 is 0 Å². The molecule has 4 nitrogen and oxygen atoms in total. The monoisotopic (exact) mass is 242 g/mol. The fraction of sp³-hybridized carbons (Fsp3) is 0.429. The fourth-order valence-electron chi connectivity index (χ4n) is 2.54. The molecule has 0 amide bonds. The van der Waals surface area contributed by atoms with E-state index in [4.69, 9.17) is 0 Å². The van der Waals surface area contributed by atoms with Crippen LogP contribution in [0.3, 0.4) is 0 Å². The van der Waals surface area contributed by atoms with Gasteiger partial charge in [-0.05, 0) is 25.3 Å². The van der Waals surface area contributed by atoms with Gasteiger partial charge in [-0.15, -0.1) is 0 Å². The second-order valence-corrected chi connectivity index (χ2v) is 4.73. The van der Waals surface area contributed by atoms with Crippen molar-refractivity contribution in [3.8, 4) is 0 Å². The molecule has 0 unspecified atom stereocenters. The van der Waals surface area contributed by atoms with Crippen LogP contribution in [0.5, 0.6) is 0 Å². The maximum absolute atomic E-state index is 4.54. The van der Waals surface area contributed by atoms with Crippen molar-refractivity contribution in [1.29, 1.82) is 0 Å². The van der Waals surface area contributed by atoms with Crippen molar-refractivity contribution in [1.82, 2.24) is 19.3 Å². The molecule has 2 heterocycles. The first-order valence-electron chi connectivity index (χ1n) is 6.57. The third-order valence-corrected chi connectivity index (χ3v) is 3.51. The summed E-state index contributed by atoms with van der Waals surface area (Å²) in [5, 5.41) is 4.23. The lowest BCUT2D eigenvalue weighted by molar-refractivity contribution is 0.487. The molecule has 0 aromatic carbocycles. The smallest absolute Gasteiger partial charge is 0.112 e. The van der Waals surface area contributed by atoms with Crippen molar-refractivity contribution in [2.24, 2.45) is 0 Å². The summed E-state index contributed by atoms with van der Waals surface area (Å²) in [6.45, 7) is 1.84. The first-order chi connectivity index (χ1) is 8.93. The average Bonchev–Trinajstić information content (AvgIpc) is 3.09. The van der Waals surface area contributed by atoms with Crippen molar-refractivity contribution < 1.29 is 0 Å². The molecule has 0 bridgehead atoms. The van der Waals surface area contributed by atoms with Gasteiger partial charge in [0.2, 0.25) is 0 Å². The van der Waals surface area contributed by atoms with Crippen LogP contribution in [-0.4, -0.2) is 19.3 Å². The summed E-state index contributed by atoms with van der Waals surface area (Å²) >= 11 is 0. The maximum atomic E-state index is 4.54. The van der Waals surface area contributed by atoms with Gasteiger partial charge in [-0.2, -0.15) is 5.10 Å². The highest BCUT2D eigenvalue weighted by molar-refractivity contribution is 5.07. The number of allylic oxidation sites excluding steroid dienone is 2. The van der Waals surface area contributed by atoms with E-state index in [0.717, 1.165) is 19.5 Å². The van der Waals surface area contributed by atoms with Gasteiger partial charge in [-0.25, -0.2) is 4.98 Å². The zero-order chi connectivity index (χ0) is 12.2. The Hall–Kier alpha value is -1.84. The van der Waals surface area contributed by atoms with Crippen molar-refractivity contribution in [3.05, 3.63) is 48.8 Å². The third-order valence-electron chi connectivity index (χ3n) is 3.51. The van der Waals surface area contributed by atoms with E-state index >= 15 is 0 Å². The summed E-state index contributed by atoms with van der Waals surface area (Å²) in [4.78, 5) is 4.54. The fourth-order valence-corrected chi connectivity index (χ4v) is 2.54. The van der Waals surface area contributed by atoms with Crippen LogP contribution < -0.4 is 0 Å². The van der Waals surface area contributed by atoms with Gasteiger partial charge in [0.05, 0.1) is 6.54 Å². The van der Waals surface area contributed by atoms with E-state index in [2.05, 4.69) is 33.0 Å². The number of rotatable bonds is 4. The molecule has 4 heteroatoms. The van der Waals surface area contributed by atoms with Crippen LogP contribution in [0.2, 0.25) is 0 Å².